The molecule has 18 heavy (non-hydrogen) atoms. The van der Waals surface area contributed by atoms with Crippen LogP contribution in [0.3, 0.4) is 0 Å². The van der Waals surface area contributed by atoms with E-state index in [0.29, 0.717) is 0 Å². The first-order valence-electron chi connectivity index (χ1n) is 7.45. The second kappa shape index (κ2) is 9.73. The Morgan fingerprint density at radius 2 is 1.72 bits per heavy atom. The molecule has 108 valence electrons. The molecule has 1 heterocycles. The van der Waals surface area contributed by atoms with Crippen molar-refractivity contribution in [3.8, 4) is 0 Å². The third kappa shape index (κ3) is 7.31. The van der Waals surface area contributed by atoms with E-state index in [1.54, 1.807) is 0 Å². The fourth-order valence-electron chi connectivity index (χ4n) is 2.16. The van der Waals surface area contributed by atoms with Gasteiger partial charge in [0.2, 0.25) is 0 Å². The summed E-state index contributed by atoms with van der Waals surface area (Å²) in [5, 5.41) is 3.39. The van der Waals surface area contributed by atoms with Gasteiger partial charge in [-0.1, -0.05) is 20.8 Å². The maximum Gasteiger partial charge on any atom is 0.0594 e. The van der Waals surface area contributed by atoms with Crippen LogP contribution in [0.5, 0.6) is 0 Å². The highest BCUT2D eigenvalue weighted by molar-refractivity contribution is 4.70. The molecule has 0 radical (unpaired) electrons. The van der Waals surface area contributed by atoms with Crippen molar-refractivity contribution in [2.75, 3.05) is 65.6 Å². The average molecular weight is 257 g/mol. The highest BCUT2D eigenvalue weighted by Crippen LogP contribution is 2.00. The molecule has 0 aromatic carbocycles. The molecule has 4 nitrogen and oxygen atoms in total. The van der Waals surface area contributed by atoms with Crippen molar-refractivity contribution in [1.29, 1.82) is 0 Å². The largest absolute Gasteiger partial charge is 0.379 e. The molecule has 1 rings (SSSR count). The summed E-state index contributed by atoms with van der Waals surface area (Å²) >= 11 is 0. The normalized spacial score (nSPS) is 18.7. The molecular formula is C14H31N3O. The Morgan fingerprint density at radius 3 is 2.33 bits per heavy atom. The fourth-order valence-corrected chi connectivity index (χ4v) is 2.16. The SMILES string of the molecule is CCN1CCN(CCOCCNCC(C)C)CC1. The van der Waals surface area contributed by atoms with Crippen molar-refractivity contribution < 1.29 is 4.74 Å². The Bertz CT molecular complexity index is 191. The predicted molar refractivity (Wildman–Crippen MR) is 77.1 cm³/mol. The number of hydrogen-bond donors (Lipinski definition) is 1. The Morgan fingerprint density at radius 1 is 1.06 bits per heavy atom. The molecule has 1 N–H and O–H groups in total. The maximum atomic E-state index is 5.65. The quantitative estimate of drug-likeness (QED) is 0.621. The second-order valence-corrected chi connectivity index (χ2v) is 5.49. The van der Waals surface area contributed by atoms with E-state index < -0.39 is 0 Å². The highest BCUT2D eigenvalue weighted by Gasteiger charge is 2.14. The van der Waals surface area contributed by atoms with Gasteiger partial charge in [-0.3, -0.25) is 4.90 Å². The van der Waals surface area contributed by atoms with Crippen LogP contribution in [0.1, 0.15) is 20.8 Å². The topological polar surface area (TPSA) is 27.7 Å². The van der Waals surface area contributed by atoms with Crippen LogP contribution >= 0.6 is 0 Å². The van der Waals surface area contributed by atoms with Crippen molar-refractivity contribution in [2.24, 2.45) is 5.92 Å². The Kier molecular flexibility index (Phi) is 8.59. The summed E-state index contributed by atoms with van der Waals surface area (Å²) < 4.78 is 5.65. The Labute approximate surface area is 113 Å². The summed E-state index contributed by atoms with van der Waals surface area (Å²) in [7, 11) is 0. The van der Waals surface area contributed by atoms with Gasteiger partial charge in [0.25, 0.3) is 0 Å². The minimum atomic E-state index is 0.722. The van der Waals surface area contributed by atoms with Crippen LogP contribution < -0.4 is 5.32 Å². The van der Waals surface area contributed by atoms with E-state index in [2.05, 4.69) is 35.9 Å². The van der Waals surface area contributed by atoms with Gasteiger partial charge in [-0.05, 0) is 19.0 Å². The summed E-state index contributed by atoms with van der Waals surface area (Å²) in [5.74, 6) is 0.722. The van der Waals surface area contributed by atoms with E-state index in [-0.39, 0.29) is 0 Å². The maximum absolute atomic E-state index is 5.65. The first-order valence-corrected chi connectivity index (χ1v) is 7.45. The van der Waals surface area contributed by atoms with Crippen LogP contribution in [-0.4, -0.2) is 75.4 Å². The van der Waals surface area contributed by atoms with E-state index >= 15 is 0 Å². The zero-order valence-corrected chi connectivity index (χ0v) is 12.5. The molecule has 0 bridgehead atoms. The molecule has 4 heteroatoms. The monoisotopic (exact) mass is 257 g/mol. The molecule has 0 aliphatic carbocycles. The molecule has 1 saturated heterocycles. The number of nitrogens with one attached hydrogen (secondary N) is 1. The van der Waals surface area contributed by atoms with Crippen LogP contribution in [0, 0.1) is 5.92 Å². The number of ether oxygens (including phenoxy) is 1. The standard InChI is InChI=1S/C14H31N3O/c1-4-16-6-8-17(9-7-16)10-12-18-11-5-15-13-14(2)3/h14-15H,4-13H2,1-3H3. The van der Waals surface area contributed by atoms with Gasteiger partial charge >= 0.3 is 0 Å². The third-order valence-electron chi connectivity index (χ3n) is 3.44. The number of hydrogen-bond acceptors (Lipinski definition) is 4. The summed E-state index contributed by atoms with van der Waals surface area (Å²) in [4.78, 5) is 5.01. The summed E-state index contributed by atoms with van der Waals surface area (Å²) in [6, 6.07) is 0. The van der Waals surface area contributed by atoms with Crippen molar-refractivity contribution in [3.05, 3.63) is 0 Å². The number of rotatable bonds is 9. The number of likely N-dealkylation sites (N-methyl/N-ethyl adjacent to an activating group) is 1. The molecule has 0 saturated carbocycles. The van der Waals surface area contributed by atoms with Crippen LogP contribution in [0.15, 0.2) is 0 Å². The van der Waals surface area contributed by atoms with Gasteiger partial charge in [0.1, 0.15) is 0 Å². The molecule has 1 fully saturated rings. The van der Waals surface area contributed by atoms with Crippen LogP contribution in [0.4, 0.5) is 0 Å². The van der Waals surface area contributed by atoms with E-state index in [9.17, 15) is 0 Å². The zero-order chi connectivity index (χ0) is 13.2. The lowest BCUT2D eigenvalue weighted by Gasteiger charge is -2.33. The first-order chi connectivity index (χ1) is 8.72. The van der Waals surface area contributed by atoms with E-state index in [1.165, 1.54) is 32.7 Å². The second-order valence-electron chi connectivity index (χ2n) is 5.49. The first kappa shape index (κ1) is 15.9. The molecule has 0 unspecified atom stereocenters. The van der Waals surface area contributed by atoms with E-state index in [0.717, 1.165) is 38.8 Å². The van der Waals surface area contributed by atoms with Crippen LogP contribution in [0.25, 0.3) is 0 Å². The average Bonchev–Trinajstić information content (AvgIpc) is 2.38. The highest BCUT2D eigenvalue weighted by atomic mass is 16.5. The smallest absolute Gasteiger partial charge is 0.0594 e. The number of piperazine rings is 1. The van der Waals surface area contributed by atoms with Gasteiger partial charge in [0, 0.05) is 39.3 Å². The summed E-state index contributed by atoms with van der Waals surface area (Å²) in [6.45, 7) is 17.6. The summed E-state index contributed by atoms with van der Waals surface area (Å²) in [5.41, 5.74) is 0. The molecule has 1 aliphatic rings. The molecule has 0 atom stereocenters. The van der Waals surface area contributed by atoms with E-state index in [1.807, 2.05) is 0 Å². The molecule has 0 amide bonds. The molecule has 0 aromatic rings. The summed E-state index contributed by atoms with van der Waals surface area (Å²) in [6.07, 6.45) is 0. The lowest BCUT2D eigenvalue weighted by atomic mass is 10.2. The fraction of sp³-hybridized carbons (Fsp3) is 1.00. The van der Waals surface area contributed by atoms with Crippen molar-refractivity contribution in [1.82, 2.24) is 15.1 Å². The van der Waals surface area contributed by atoms with Gasteiger partial charge < -0.3 is 15.0 Å². The Hall–Kier alpha value is -0.160. The minimum Gasteiger partial charge on any atom is -0.379 e. The van der Waals surface area contributed by atoms with Crippen LogP contribution in [-0.2, 0) is 4.74 Å². The van der Waals surface area contributed by atoms with Crippen LogP contribution in [0.2, 0.25) is 0 Å². The van der Waals surface area contributed by atoms with Gasteiger partial charge in [-0.2, -0.15) is 0 Å². The van der Waals surface area contributed by atoms with Gasteiger partial charge in [0.15, 0.2) is 0 Å². The molecule has 0 aromatic heterocycles. The molecular weight excluding hydrogens is 226 g/mol. The third-order valence-corrected chi connectivity index (χ3v) is 3.44. The Balaban J connectivity index is 1.86. The van der Waals surface area contributed by atoms with Gasteiger partial charge in [0.05, 0.1) is 13.2 Å². The lowest BCUT2D eigenvalue weighted by molar-refractivity contribution is 0.0780. The predicted octanol–water partition coefficient (Wildman–Crippen LogP) is 0.886. The van der Waals surface area contributed by atoms with E-state index in [4.69, 9.17) is 4.74 Å². The van der Waals surface area contributed by atoms with Crippen molar-refractivity contribution in [3.63, 3.8) is 0 Å². The van der Waals surface area contributed by atoms with Gasteiger partial charge in [-0.25, -0.2) is 0 Å². The van der Waals surface area contributed by atoms with Gasteiger partial charge in [-0.15, -0.1) is 0 Å². The lowest BCUT2D eigenvalue weighted by Crippen LogP contribution is -2.47. The van der Waals surface area contributed by atoms with Crippen molar-refractivity contribution in [2.45, 2.75) is 20.8 Å². The van der Waals surface area contributed by atoms with Crippen molar-refractivity contribution >= 4 is 0 Å². The molecule has 0 spiro atoms. The number of nitrogens with zero attached hydrogens (tertiary/aromatic N) is 2. The minimum absolute atomic E-state index is 0.722. The molecule has 1 aliphatic heterocycles. The zero-order valence-electron chi connectivity index (χ0n) is 12.5.